The number of aryl methyl sites for hydroxylation is 1. The van der Waals surface area contributed by atoms with Crippen LogP contribution in [0.1, 0.15) is 69.2 Å². The normalized spacial score (nSPS) is 26.8. The van der Waals surface area contributed by atoms with Crippen LogP contribution in [0.5, 0.6) is 0 Å². The molecule has 3 fully saturated rings. The maximum Gasteiger partial charge on any atom is 0.407 e. The summed E-state index contributed by atoms with van der Waals surface area (Å²) >= 11 is 0. The Bertz CT molecular complexity index is 1040. The van der Waals surface area contributed by atoms with Crippen LogP contribution in [0.4, 0.5) is 9.18 Å². The average molecular weight is 465 g/mol. The fourth-order valence-corrected chi connectivity index (χ4v) is 6.13. The lowest BCUT2D eigenvalue weighted by Crippen LogP contribution is -2.53. The number of nitrogens with one attached hydrogen (secondary N) is 1. The number of carbonyl (C=O) groups excluding carboxylic acids is 1. The number of amides is 1. The molecule has 4 nitrogen and oxygen atoms in total. The second-order valence-electron chi connectivity index (χ2n) is 11.2. The minimum absolute atomic E-state index is 0.0362. The molecule has 2 bridgehead atoms. The lowest BCUT2D eigenvalue weighted by atomic mass is 9.85. The van der Waals surface area contributed by atoms with E-state index in [1.54, 1.807) is 6.07 Å². The number of hydrogen-bond donors (Lipinski definition) is 1. The number of unbranched alkanes of at least 4 members (excludes halogenated alkanes) is 1. The van der Waals surface area contributed by atoms with Gasteiger partial charge in [-0.25, -0.2) is 9.18 Å². The summed E-state index contributed by atoms with van der Waals surface area (Å²) in [4.78, 5) is 15.3. The molecule has 2 aromatic rings. The van der Waals surface area contributed by atoms with E-state index in [1.165, 1.54) is 12.0 Å². The highest BCUT2D eigenvalue weighted by Gasteiger charge is 2.42. The van der Waals surface area contributed by atoms with Gasteiger partial charge in [-0.05, 0) is 90.9 Å². The molecular formula is C29H37FN2O2. The van der Waals surface area contributed by atoms with E-state index in [0.717, 1.165) is 68.4 Å². The van der Waals surface area contributed by atoms with Gasteiger partial charge >= 0.3 is 6.09 Å². The van der Waals surface area contributed by atoms with Crippen molar-refractivity contribution in [3.05, 3.63) is 58.9 Å². The van der Waals surface area contributed by atoms with Crippen molar-refractivity contribution in [2.24, 2.45) is 11.3 Å². The maximum atomic E-state index is 15.3. The van der Waals surface area contributed by atoms with Crippen molar-refractivity contribution >= 4 is 6.09 Å². The fraction of sp³-hybridized carbons (Fsp3) is 0.552. The van der Waals surface area contributed by atoms with Crippen molar-refractivity contribution in [2.45, 2.75) is 71.4 Å². The van der Waals surface area contributed by atoms with Gasteiger partial charge in [0.2, 0.25) is 0 Å². The lowest BCUT2D eigenvalue weighted by molar-refractivity contribution is -0.0349. The van der Waals surface area contributed by atoms with Gasteiger partial charge in [-0.1, -0.05) is 51.5 Å². The van der Waals surface area contributed by atoms with Gasteiger partial charge in [-0.3, -0.25) is 4.90 Å². The van der Waals surface area contributed by atoms with Crippen LogP contribution in [0.25, 0.3) is 11.1 Å². The lowest BCUT2D eigenvalue weighted by Gasteiger charge is -2.44. The van der Waals surface area contributed by atoms with E-state index in [9.17, 15) is 4.79 Å². The van der Waals surface area contributed by atoms with Gasteiger partial charge in [0.25, 0.3) is 0 Å². The quantitative estimate of drug-likeness (QED) is 0.547. The van der Waals surface area contributed by atoms with Crippen molar-refractivity contribution < 1.29 is 13.9 Å². The molecule has 0 aromatic heterocycles. The van der Waals surface area contributed by atoms with Crippen molar-refractivity contribution in [3.63, 3.8) is 0 Å². The van der Waals surface area contributed by atoms with Crippen molar-refractivity contribution in [3.8, 4) is 11.1 Å². The number of halogens is 1. The van der Waals surface area contributed by atoms with E-state index in [0.29, 0.717) is 11.5 Å². The zero-order valence-corrected chi connectivity index (χ0v) is 20.7. The fourth-order valence-electron chi connectivity index (χ4n) is 6.13. The maximum absolute atomic E-state index is 15.3. The molecule has 0 spiro atoms. The minimum atomic E-state index is -0.378. The summed E-state index contributed by atoms with van der Waals surface area (Å²) in [6, 6.07) is 11.6. The van der Waals surface area contributed by atoms with Gasteiger partial charge in [-0.15, -0.1) is 0 Å². The van der Waals surface area contributed by atoms with E-state index in [2.05, 4.69) is 43.1 Å². The number of carbonyl (C=O) groups is 1. The molecule has 1 amide bonds. The molecule has 3 aliphatic heterocycles. The number of alkyl carbamates (subject to hydrolysis) is 1. The SMILES string of the molecule is CCCCc1ccc(-c2cc3c(cc2F)C(NC(=O)O[C@@H]2CN4CCC2CC4)C(C)(C)C3)cc1. The summed E-state index contributed by atoms with van der Waals surface area (Å²) in [7, 11) is 0. The number of hydrogen-bond acceptors (Lipinski definition) is 3. The van der Waals surface area contributed by atoms with E-state index >= 15 is 4.39 Å². The van der Waals surface area contributed by atoms with E-state index in [4.69, 9.17) is 4.74 Å². The Morgan fingerprint density at radius 2 is 1.91 bits per heavy atom. The van der Waals surface area contributed by atoms with Gasteiger partial charge in [0.05, 0.1) is 6.04 Å². The zero-order valence-electron chi connectivity index (χ0n) is 20.7. The standard InChI is InChI=1S/C29H37FN2O2/c1-4-5-6-19-7-9-20(10-8-19)23-15-22-17-29(2,3)27(24(22)16-25(23)30)31-28(33)34-26-18-32-13-11-21(26)12-14-32/h7-10,15-16,21,26-27H,4-6,11-14,17-18H2,1-3H3,(H,31,33)/t26-,27?/m1/s1. The second-order valence-corrected chi connectivity index (χ2v) is 11.2. The Kier molecular flexibility index (Phi) is 6.41. The van der Waals surface area contributed by atoms with E-state index < -0.39 is 0 Å². The van der Waals surface area contributed by atoms with E-state index in [1.807, 2.05) is 18.2 Å². The third kappa shape index (κ3) is 4.59. The van der Waals surface area contributed by atoms with Crippen LogP contribution < -0.4 is 5.32 Å². The molecule has 6 rings (SSSR count). The van der Waals surface area contributed by atoms with Crippen LogP contribution in [0, 0.1) is 17.2 Å². The molecule has 0 radical (unpaired) electrons. The summed E-state index contributed by atoms with van der Waals surface area (Å²) in [5.74, 6) is 0.225. The van der Waals surface area contributed by atoms with Gasteiger partial charge in [0.15, 0.2) is 0 Å². The smallest absolute Gasteiger partial charge is 0.407 e. The van der Waals surface area contributed by atoms with Gasteiger partial charge in [0, 0.05) is 12.1 Å². The topological polar surface area (TPSA) is 41.6 Å². The molecule has 182 valence electrons. The molecule has 5 heteroatoms. The molecule has 34 heavy (non-hydrogen) atoms. The third-order valence-electron chi connectivity index (χ3n) is 8.17. The first kappa shape index (κ1) is 23.3. The molecule has 1 N–H and O–H groups in total. The van der Waals surface area contributed by atoms with Crippen LogP contribution in [0.15, 0.2) is 36.4 Å². The summed E-state index contributed by atoms with van der Waals surface area (Å²) in [6.45, 7) is 9.50. The molecule has 4 aliphatic rings. The average Bonchev–Trinajstić information content (AvgIpc) is 3.07. The largest absolute Gasteiger partial charge is 0.445 e. The summed E-state index contributed by atoms with van der Waals surface area (Å²) in [5.41, 5.74) is 4.58. The molecule has 1 aliphatic carbocycles. The number of benzene rings is 2. The third-order valence-corrected chi connectivity index (χ3v) is 8.17. The monoisotopic (exact) mass is 464 g/mol. The Morgan fingerprint density at radius 1 is 1.18 bits per heavy atom. The summed E-state index contributed by atoms with van der Waals surface area (Å²) < 4.78 is 21.2. The summed E-state index contributed by atoms with van der Waals surface area (Å²) in [5, 5.41) is 3.10. The Morgan fingerprint density at radius 3 is 2.56 bits per heavy atom. The molecule has 3 heterocycles. The first-order valence-corrected chi connectivity index (χ1v) is 12.9. The number of nitrogens with zero attached hydrogens (tertiary/aromatic N) is 1. The predicted molar refractivity (Wildman–Crippen MR) is 133 cm³/mol. The number of ether oxygens (including phenoxy) is 1. The van der Waals surface area contributed by atoms with Crippen molar-refractivity contribution in [2.75, 3.05) is 19.6 Å². The number of piperidine rings is 3. The Balaban J connectivity index is 1.32. The summed E-state index contributed by atoms with van der Waals surface area (Å²) in [6.07, 6.45) is 5.96. The number of fused-ring (bicyclic) bond motifs is 4. The molecule has 1 unspecified atom stereocenters. The van der Waals surface area contributed by atoms with Crippen molar-refractivity contribution in [1.29, 1.82) is 0 Å². The van der Waals surface area contributed by atoms with Crippen LogP contribution in [-0.2, 0) is 17.6 Å². The van der Waals surface area contributed by atoms with Crippen LogP contribution in [0.3, 0.4) is 0 Å². The van der Waals surface area contributed by atoms with Crippen LogP contribution in [-0.4, -0.2) is 36.7 Å². The first-order valence-electron chi connectivity index (χ1n) is 12.9. The van der Waals surface area contributed by atoms with Crippen LogP contribution >= 0.6 is 0 Å². The highest BCUT2D eigenvalue weighted by Crippen LogP contribution is 2.47. The molecule has 2 atom stereocenters. The van der Waals surface area contributed by atoms with Crippen LogP contribution in [0.2, 0.25) is 0 Å². The number of rotatable bonds is 6. The van der Waals surface area contributed by atoms with Gasteiger partial charge < -0.3 is 10.1 Å². The highest BCUT2D eigenvalue weighted by molar-refractivity contribution is 5.70. The molecular weight excluding hydrogens is 427 g/mol. The first-order chi connectivity index (χ1) is 16.3. The Labute approximate surface area is 202 Å². The van der Waals surface area contributed by atoms with Gasteiger partial charge in [0.1, 0.15) is 11.9 Å². The minimum Gasteiger partial charge on any atom is -0.445 e. The Hall–Kier alpha value is -2.40. The highest BCUT2D eigenvalue weighted by atomic mass is 19.1. The molecule has 3 saturated heterocycles. The second kappa shape index (κ2) is 9.33. The zero-order chi connectivity index (χ0) is 23.9. The van der Waals surface area contributed by atoms with Crippen molar-refractivity contribution in [1.82, 2.24) is 10.2 Å². The van der Waals surface area contributed by atoms with Gasteiger partial charge in [-0.2, -0.15) is 0 Å². The molecule has 0 saturated carbocycles. The van der Waals surface area contributed by atoms with E-state index in [-0.39, 0.29) is 29.5 Å². The predicted octanol–water partition coefficient (Wildman–Crippen LogP) is 6.28. The molecule has 2 aromatic carbocycles.